The monoisotopic (exact) mass is 589 g/mol. The average Bonchev–Trinajstić information content (AvgIpc) is 3.79. The summed E-state index contributed by atoms with van der Waals surface area (Å²) in [4.78, 5) is 5.24. The van der Waals surface area contributed by atoms with Gasteiger partial charge in [-0.3, -0.25) is 0 Å². The summed E-state index contributed by atoms with van der Waals surface area (Å²) in [7, 11) is 0. The molecule has 4 aromatic carbocycles. The lowest BCUT2D eigenvalue weighted by molar-refractivity contribution is -0.920. The predicted octanol–water partition coefficient (Wildman–Crippen LogP) is 7.69. The molecule has 0 spiro atoms. The molecular formula is C36H35N3O5. The van der Waals surface area contributed by atoms with E-state index in [0.717, 1.165) is 58.9 Å². The van der Waals surface area contributed by atoms with Crippen molar-refractivity contribution in [2.75, 3.05) is 13.6 Å². The van der Waals surface area contributed by atoms with Crippen molar-refractivity contribution in [2.24, 2.45) is 0 Å². The van der Waals surface area contributed by atoms with Crippen molar-refractivity contribution < 1.29 is 23.6 Å². The Morgan fingerprint density at radius 3 is 1.80 bits per heavy atom. The molecule has 0 amide bonds. The van der Waals surface area contributed by atoms with Crippen LogP contribution in [0, 0.1) is 5.21 Å². The molecule has 5 aromatic rings. The van der Waals surface area contributed by atoms with E-state index in [9.17, 15) is 0 Å². The number of fused-ring (bicyclic) bond motifs is 2. The lowest BCUT2D eigenvalue weighted by atomic mass is 10.1. The Kier molecular flexibility index (Phi) is 7.68. The van der Waals surface area contributed by atoms with Crippen LogP contribution in [-0.2, 0) is 26.2 Å². The third-order valence-electron chi connectivity index (χ3n) is 8.14. The number of hydrogen-bond acceptors (Lipinski definition) is 6. The third kappa shape index (κ3) is 5.74. The maximum Gasteiger partial charge on any atom is 0.231 e. The molecule has 2 aliphatic heterocycles. The van der Waals surface area contributed by atoms with Gasteiger partial charge in [0.05, 0.1) is 5.69 Å². The predicted molar refractivity (Wildman–Crippen MR) is 168 cm³/mol. The van der Waals surface area contributed by atoms with Gasteiger partial charge < -0.3 is 33.4 Å². The van der Waals surface area contributed by atoms with Gasteiger partial charge >= 0.3 is 0 Å². The molecule has 0 N–H and O–H groups in total. The van der Waals surface area contributed by atoms with Gasteiger partial charge in [-0.2, -0.15) is 0 Å². The Bertz CT molecular complexity index is 1690. The van der Waals surface area contributed by atoms with E-state index >= 15 is 5.21 Å². The minimum atomic E-state index is -0.537. The minimum absolute atomic E-state index is 0.187. The molecule has 8 heteroatoms. The number of benzene rings is 4. The van der Waals surface area contributed by atoms with Crippen LogP contribution in [0.25, 0.3) is 22.6 Å². The Labute approximate surface area is 257 Å². The van der Waals surface area contributed by atoms with Crippen molar-refractivity contribution >= 4 is 0 Å². The number of nitrogens with zero attached hydrogens (tertiary/aromatic N) is 3. The topological polar surface area (TPSA) is 77.8 Å². The number of unbranched alkanes of at least 4 members (excludes halogenated alkanes) is 1. The van der Waals surface area contributed by atoms with Crippen molar-refractivity contribution in [1.82, 2.24) is 9.55 Å². The molecule has 0 atom stereocenters. The van der Waals surface area contributed by atoms with E-state index in [-0.39, 0.29) is 33.2 Å². The molecule has 0 fully saturated rings. The lowest BCUT2D eigenvalue weighted by Crippen LogP contribution is -2.40. The molecule has 0 saturated carbocycles. The largest absolute Gasteiger partial charge is 0.632 e. The van der Waals surface area contributed by atoms with Crippen LogP contribution in [0.3, 0.4) is 0 Å². The molecule has 0 unspecified atom stereocenters. The van der Waals surface area contributed by atoms with E-state index in [0.29, 0.717) is 23.0 Å². The average molecular weight is 590 g/mol. The maximum absolute atomic E-state index is 15.3. The second kappa shape index (κ2) is 12.1. The first-order valence-electron chi connectivity index (χ1n) is 15.1. The fourth-order valence-corrected chi connectivity index (χ4v) is 6.02. The summed E-state index contributed by atoms with van der Waals surface area (Å²) in [5, 5.41) is 15.3. The first kappa shape index (κ1) is 28.0. The van der Waals surface area contributed by atoms with Gasteiger partial charge in [0.15, 0.2) is 23.0 Å². The van der Waals surface area contributed by atoms with Crippen LogP contribution in [-0.4, -0.2) is 27.8 Å². The van der Waals surface area contributed by atoms with Gasteiger partial charge in [-0.25, -0.2) is 4.98 Å². The highest BCUT2D eigenvalue weighted by atomic mass is 16.7. The van der Waals surface area contributed by atoms with Crippen molar-refractivity contribution in [3.05, 3.63) is 119 Å². The van der Waals surface area contributed by atoms with Gasteiger partial charge in [0, 0.05) is 28.8 Å². The second-order valence-corrected chi connectivity index (χ2v) is 11.4. The van der Waals surface area contributed by atoms with Crippen LogP contribution < -0.4 is 18.9 Å². The van der Waals surface area contributed by atoms with Gasteiger partial charge in [0.25, 0.3) is 0 Å². The first-order valence-corrected chi connectivity index (χ1v) is 15.1. The molecule has 0 aliphatic carbocycles. The van der Waals surface area contributed by atoms with Crippen LogP contribution in [0.5, 0.6) is 23.0 Å². The van der Waals surface area contributed by atoms with Gasteiger partial charge in [-0.15, -0.1) is 0 Å². The van der Waals surface area contributed by atoms with Gasteiger partial charge in [0.2, 0.25) is 13.6 Å². The summed E-state index contributed by atoms with van der Waals surface area (Å²) in [6.07, 6.45) is 2.00. The van der Waals surface area contributed by atoms with Crippen LogP contribution in [0.1, 0.15) is 36.6 Å². The van der Waals surface area contributed by atoms with Crippen LogP contribution >= 0.6 is 0 Å². The number of rotatable bonds is 11. The van der Waals surface area contributed by atoms with Crippen molar-refractivity contribution in [3.8, 4) is 45.6 Å². The van der Waals surface area contributed by atoms with Gasteiger partial charge in [-0.1, -0.05) is 74.0 Å². The van der Waals surface area contributed by atoms with E-state index in [1.54, 1.807) is 0 Å². The fourth-order valence-electron chi connectivity index (χ4n) is 6.02. The zero-order valence-corrected chi connectivity index (χ0v) is 24.8. The van der Waals surface area contributed by atoms with Gasteiger partial charge in [-0.05, 0) is 42.8 Å². The summed E-state index contributed by atoms with van der Waals surface area (Å²) in [5.74, 6) is 3.61. The Balaban J connectivity index is 1.34. The molecule has 2 aliphatic rings. The van der Waals surface area contributed by atoms with Crippen molar-refractivity contribution in [2.45, 2.75) is 45.9 Å². The summed E-state index contributed by atoms with van der Waals surface area (Å²) < 4.78 is 24.1. The molecule has 7 rings (SSSR count). The van der Waals surface area contributed by atoms with Crippen molar-refractivity contribution in [1.29, 1.82) is 0 Å². The Morgan fingerprint density at radius 1 is 0.682 bits per heavy atom. The quantitative estimate of drug-likeness (QED) is 0.116. The summed E-state index contributed by atoms with van der Waals surface area (Å²) >= 11 is 0. The van der Waals surface area contributed by atoms with E-state index in [2.05, 4.69) is 35.8 Å². The Morgan fingerprint density at radius 2 is 1.23 bits per heavy atom. The number of ether oxygens (including phenoxy) is 4. The van der Waals surface area contributed by atoms with Crippen LogP contribution in [0.4, 0.5) is 0 Å². The summed E-state index contributed by atoms with van der Waals surface area (Å²) in [6, 6.07) is 32.0. The minimum Gasteiger partial charge on any atom is -0.632 e. The van der Waals surface area contributed by atoms with E-state index in [1.165, 1.54) is 0 Å². The highest BCUT2D eigenvalue weighted by molar-refractivity contribution is 5.68. The highest BCUT2D eigenvalue weighted by Crippen LogP contribution is 2.38. The maximum atomic E-state index is 15.3. The zero-order chi connectivity index (χ0) is 29.9. The first-order chi connectivity index (χ1) is 21.6. The smallest absolute Gasteiger partial charge is 0.231 e. The highest BCUT2D eigenvalue weighted by Gasteiger charge is 2.29. The molecule has 8 nitrogen and oxygen atoms in total. The van der Waals surface area contributed by atoms with E-state index < -0.39 is 4.65 Å². The zero-order valence-electron chi connectivity index (χ0n) is 24.8. The van der Waals surface area contributed by atoms with Crippen LogP contribution in [0.2, 0.25) is 0 Å². The molecule has 1 aromatic heterocycles. The molecular weight excluding hydrogens is 554 g/mol. The fraction of sp³-hybridized carbons (Fsp3) is 0.250. The molecule has 224 valence electrons. The number of imidazole rings is 1. The molecule has 0 saturated heterocycles. The van der Waals surface area contributed by atoms with E-state index in [4.69, 9.17) is 23.9 Å². The third-order valence-corrected chi connectivity index (χ3v) is 8.14. The molecule has 44 heavy (non-hydrogen) atoms. The lowest BCUT2D eigenvalue weighted by Gasteiger charge is -2.43. The molecule has 0 radical (unpaired) electrons. The van der Waals surface area contributed by atoms with Crippen molar-refractivity contribution in [3.63, 3.8) is 0 Å². The normalized spacial score (nSPS) is 13.4. The Hall–Kier alpha value is -4.79. The standard InChI is InChI=1S/C36H35N3O5/c1-2-3-18-38-30(35(28-10-6-4-7-11-28)37-36(38)29-12-8-5-9-13-29)23-39(40,21-26-14-16-31-33(19-26)43-24-41-31)22-27-15-17-32-34(20-27)44-25-42-32/h4-17,19-20H,2-3,18,21-25H2,1H3. The number of hydrogen-bond donors (Lipinski definition) is 0. The molecule has 3 heterocycles. The van der Waals surface area contributed by atoms with Gasteiger partial charge in [0.1, 0.15) is 31.2 Å². The van der Waals surface area contributed by atoms with E-state index in [1.807, 2.05) is 72.8 Å². The van der Waals surface area contributed by atoms with Crippen LogP contribution in [0.15, 0.2) is 97.1 Å². The summed E-state index contributed by atoms with van der Waals surface area (Å²) in [6.45, 7) is 4.02. The number of aromatic nitrogens is 2. The summed E-state index contributed by atoms with van der Waals surface area (Å²) in [5.41, 5.74) is 5.56. The SMILES string of the molecule is CCCCn1c(-c2ccccc2)nc(-c2ccccc2)c1C[N+]([O-])(Cc1ccc2c(c1)OCO2)Cc1ccc2c(c1)OCO2. The number of hydroxylamine groups is 3. The second-order valence-electron chi connectivity index (χ2n) is 11.4. The number of quaternary nitrogens is 1. The molecule has 0 bridgehead atoms.